The average Bonchev–Trinajstić information content (AvgIpc) is 2.51. The number of nitro groups is 1. The second-order valence-corrected chi connectivity index (χ2v) is 5.04. The molecule has 0 saturated carbocycles. The lowest BCUT2D eigenvalue weighted by Gasteiger charge is -2.10. The molecule has 0 saturated heterocycles. The summed E-state index contributed by atoms with van der Waals surface area (Å²) in [5, 5.41) is 10.6. The van der Waals surface area contributed by atoms with E-state index >= 15 is 0 Å². The molecule has 1 aromatic carbocycles. The number of rotatable bonds is 3. The molecule has 3 rings (SSSR count). The molecule has 0 amide bonds. The lowest BCUT2D eigenvalue weighted by molar-refractivity contribution is -0.385. The van der Waals surface area contributed by atoms with Gasteiger partial charge in [0.05, 0.1) is 16.5 Å². The van der Waals surface area contributed by atoms with E-state index in [1.54, 1.807) is 6.07 Å². The zero-order chi connectivity index (χ0) is 16.6. The predicted molar refractivity (Wildman–Crippen MR) is 82.1 cm³/mol. The van der Waals surface area contributed by atoms with Crippen molar-refractivity contribution in [2.24, 2.45) is 0 Å². The van der Waals surface area contributed by atoms with Crippen molar-refractivity contribution in [3.8, 4) is 11.5 Å². The standard InChI is InChI=1S/C16H12FN3O3/c1-9-7-13-16(19-10(9)2)15(5-6-18-13)23-14-4-3-11(20(21)22)8-12(14)17/h3-8H,1-2H3. The monoisotopic (exact) mass is 313 g/mol. The van der Waals surface area contributed by atoms with Gasteiger partial charge in [0.15, 0.2) is 17.3 Å². The van der Waals surface area contributed by atoms with Crippen molar-refractivity contribution in [1.29, 1.82) is 0 Å². The highest BCUT2D eigenvalue weighted by Gasteiger charge is 2.14. The Morgan fingerprint density at radius 2 is 1.96 bits per heavy atom. The van der Waals surface area contributed by atoms with Crippen LogP contribution in [0.5, 0.6) is 11.5 Å². The van der Waals surface area contributed by atoms with Gasteiger partial charge in [0.25, 0.3) is 5.69 Å². The molecule has 0 aliphatic heterocycles. The molecule has 23 heavy (non-hydrogen) atoms. The Bertz CT molecular complexity index is 928. The van der Waals surface area contributed by atoms with E-state index in [0.717, 1.165) is 17.3 Å². The van der Waals surface area contributed by atoms with E-state index < -0.39 is 10.7 Å². The summed E-state index contributed by atoms with van der Waals surface area (Å²) >= 11 is 0. The van der Waals surface area contributed by atoms with Gasteiger partial charge in [-0.05, 0) is 31.5 Å². The van der Waals surface area contributed by atoms with Crippen molar-refractivity contribution in [2.45, 2.75) is 13.8 Å². The van der Waals surface area contributed by atoms with Crippen LogP contribution in [0.3, 0.4) is 0 Å². The van der Waals surface area contributed by atoms with Crippen LogP contribution < -0.4 is 4.74 Å². The summed E-state index contributed by atoms with van der Waals surface area (Å²) in [6.07, 6.45) is 1.54. The van der Waals surface area contributed by atoms with E-state index in [-0.39, 0.29) is 11.4 Å². The van der Waals surface area contributed by atoms with Crippen molar-refractivity contribution in [2.75, 3.05) is 0 Å². The molecule has 0 aliphatic carbocycles. The average molecular weight is 313 g/mol. The normalized spacial score (nSPS) is 10.7. The second-order valence-electron chi connectivity index (χ2n) is 5.04. The number of nitro benzene ring substituents is 1. The number of nitrogens with zero attached hydrogens (tertiary/aromatic N) is 3. The molecule has 0 bridgehead atoms. The first-order valence-electron chi connectivity index (χ1n) is 6.80. The van der Waals surface area contributed by atoms with Gasteiger partial charge < -0.3 is 4.74 Å². The number of non-ortho nitro benzene ring substituents is 1. The highest BCUT2D eigenvalue weighted by Crippen LogP contribution is 2.31. The molecular formula is C16H12FN3O3. The minimum absolute atomic E-state index is 0.108. The zero-order valence-electron chi connectivity index (χ0n) is 12.4. The van der Waals surface area contributed by atoms with Crippen LogP contribution in [0.15, 0.2) is 36.5 Å². The van der Waals surface area contributed by atoms with Crippen molar-refractivity contribution in [3.63, 3.8) is 0 Å². The molecular weight excluding hydrogens is 301 g/mol. The van der Waals surface area contributed by atoms with Crippen molar-refractivity contribution >= 4 is 16.7 Å². The first-order chi connectivity index (χ1) is 11.0. The molecule has 7 heteroatoms. The van der Waals surface area contributed by atoms with Gasteiger partial charge in [-0.25, -0.2) is 9.37 Å². The van der Waals surface area contributed by atoms with E-state index in [4.69, 9.17) is 4.74 Å². The smallest absolute Gasteiger partial charge is 0.272 e. The number of aryl methyl sites for hydroxylation is 2. The summed E-state index contributed by atoms with van der Waals surface area (Å²) in [4.78, 5) is 18.6. The zero-order valence-corrected chi connectivity index (χ0v) is 12.4. The minimum Gasteiger partial charge on any atom is -0.452 e. The number of hydrogen-bond donors (Lipinski definition) is 0. The minimum atomic E-state index is -0.812. The number of halogens is 1. The van der Waals surface area contributed by atoms with Gasteiger partial charge in [-0.15, -0.1) is 0 Å². The quantitative estimate of drug-likeness (QED) is 0.537. The van der Waals surface area contributed by atoms with Crippen molar-refractivity contribution in [1.82, 2.24) is 9.97 Å². The number of ether oxygens (including phenoxy) is 1. The Morgan fingerprint density at radius 1 is 1.17 bits per heavy atom. The lowest BCUT2D eigenvalue weighted by Crippen LogP contribution is -1.96. The molecule has 0 unspecified atom stereocenters. The first kappa shape index (κ1) is 14.8. The van der Waals surface area contributed by atoms with Gasteiger partial charge in [-0.3, -0.25) is 15.1 Å². The highest BCUT2D eigenvalue weighted by atomic mass is 19.1. The van der Waals surface area contributed by atoms with E-state index in [2.05, 4.69) is 9.97 Å². The Labute approximate surface area is 130 Å². The Kier molecular flexibility index (Phi) is 3.61. The SMILES string of the molecule is Cc1cc2nccc(Oc3ccc([N+](=O)[O-])cc3F)c2nc1C. The third kappa shape index (κ3) is 2.80. The Morgan fingerprint density at radius 3 is 2.65 bits per heavy atom. The van der Waals surface area contributed by atoms with Gasteiger partial charge in [-0.1, -0.05) is 0 Å². The summed E-state index contributed by atoms with van der Waals surface area (Å²) in [5.74, 6) is -0.582. The summed E-state index contributed by atoms with van der Waals surface area (Å²) in [7, 11) is 0. The van der Waals surface area contributed by atoms with Crippen molar-refractivity contribution < 1.29 is 14.1 Å². The van der Waals surface area contributed by atoms with E-state index in [1.807, 2.05) is 19.9 Å². The number of aromatic nitrogens is 2. The van der Waals surface area contributed by atoms with Gasteiger partial charge in [0, 0.05) is 24.0 Å². The van der Waals surface area contributed by atoms with Gasteiger partial charge in [0.1, 0.15) is 5.52 Å². The van der Waals surface area contributed by atoms with E-state index in [0.29, 0.717) is 16.8 Å². The molecule has 2 aromatic heterocycles. The van der Waals surface area contributed by atoms with Crippen LogP contribution in [0, 0.1) is 29.8 Å². The molecule has 0 aliphatic rings. The molecule has 0 fully saturated rings. The maximum absolute atomic E-state index is 14.0. The van der Waals surface area contributed by atoms with Gasteiger partial charge in [0.2, 0.25) is 0 Å². The van der Waals surface area contributed by atoms with Gasteiger partial charge >= 0.3 is 0 Å². The first-order valence-corrected chi connectivity index (χ1v) is 6.80. The Balaban J connectivity index is 2.05. The number of fused-ring (bicyclic) bond motifs is 1. The topological polar surface area (TPSA) is 78.2 Å². The summed E-state index contributed by atoms with van der Waals surface area (Å²) < 4.78 is 19.5. The fourth-order valence-corrected chi connectivity index (χ4v) is 2.12. The predicted octanol–water partition coefficient (Wildman–Crippen LogP) is 4.09. The molecule has 0 N–H and O–H groups in total. The maximum Gasteiger partial charge on any atom is 0.272 e. The molecule has 0 spiro atoms. The van der Waals surface area contributed by atoms with Crippen LogP contribution in [0.25, 0.3) is 11.0 Å². The van der Waals surface area contributed by atoms with E-state index in [1.165, 1.54) is 18.3 Å². The van der Waals surface area contributed by atoms with Crippen LogP contribution in [0.1, 0.15) is 11.3 Å². The number of pyridine rings is 2. The highest BCUT2D eigenvalue weighted by molar-refractivity contribution is 5.81. The van der Waals surface area contributed by atoms with Crippen LogP contribution in [-0.2, 0) is 0 Å². The summed E-state index contributed by atoms with van der Waals surface area (Å²) in [6.45, 7) is 3.78. The largest absolute Gasteiger partial charge is 0.452 e. The molecule has 0 radical (unpaired) electrons. The van der Waals surface area contributed by atoms with Crippen LogP contribution in [0.4, 0.5) is 10.1 Å². The third-order valence-corrected chi connectivity index (χ3v) is 3.47. The molecule has 3 aromatic rings. The Hall–Kier alpha value is -3.09. The van der Waals surface area contributed by atoms with E-state index in [9.17, 15) is 14.5 Å². The number of benzene rings is 1. The van der Waals surface area contributed by atoms with Crippen LogP contribution >= 0.6 is 0 Å². The summed E-state index contributed by atoms with van der Waals surface area (Å²) in [6, 6.07) is 6.68. The fourth-order valence-electron chi connectivity index (χ4n) is 2.12. The van der Waals surface area contributed by atoms with Gasteiger partial charge in [-0.2, -0.15) is 0 Å². The van der Waals surface area contributed by atoms with Crippen LogP contribution in [0.2, 0.25) is 0 Å². The molecule has 2 heterocycles. The van der Waals surface area contributed by atoms with Crippen LogP contribution in [-0.4, -0.2) is 14.9 Å². The third-order valence-electron chi connectivity index (χ3n) is 3.47. The maximum atomic E-state index is 14.0. The second kappa shape index (κ2) is 5.60. The summed E-state index contributed by atoms with van der Waals surface area (Å²) in [5.41, 5.74) is 2.61. The molecule has 6 nitrogen and oxygen atoms in total. The molecule has 116 valence electrons. The number of hydrogen-bond acceptors (Lipinski definition) is 5. The van der Waals surface area contributed by atoms with Crippen molar-refractivity contribution in [3.05, 3.63) is 63.7 Å². The fraction of sp³-hybridized carbons (Fsp3) is 0.125. The molecule has 0 atom stereocenters. The lowest BCUT2D eigenvalue weighted by atomic mass is 10.2.